The molecule has 3 saturated heterocycles. The van der Waals surface area contributed by atoms with Crippen LogP contribution in [0, 0.1) is 18.2 Å². The molecule has 7 rings (SSSR count). The van der Waals surface area contributed by atoms with Crippen molar-refractivity contribution in [1.29, 1.82) is 0 Å². The van der Waals surface area contributed by atoms with Gasteiger partial charge in [0.25, 0.3) is 0 Å². The molecule has 0 saturated carbocycles. The number of aromatic hydroxyl groups is 1. The van der Waals surface area contributed by atoms with Gasteiger partial charge in [0, 0.05) is 42.8 Å². The SMILES string of the molecule is C#Cc1c(F)ccc2cc(O)cc(-c3cc4nc(OC)ncc4c(N4CCC4)n3)c12.FC1CC2CCCN2C1. The van der Waals surface area contributed by atoms with Crippen molar-refractivity contribution in [3.63, 3.8) is 0 Å². The zero-order valence-corrected chi connectivity index (χ0v) is 21.7. The summed E-state index contributed by atoms with van der Waals surface area (Å²) in [6.45, 7) is 3.61. The van der Waals surface area contributed by atoms with Gasteiger partial charge in [0.1, 0.15) is 23.6 Å². The van der Waals surface area contributed by atoms with Crippen molar-refractivity contribution in [2.45, 2.75) is 37.9 Å². The average Bonchev–Trinajstić information content (AvgIpc) is 3.48. The van der Waals surface area contributed by atoms with Crippen molar-refractivity contribution < 1.29 is 18.6 Å². The molecule has 3 aliphatic heterocycles. The van der Waals surface area contributed by atoms with Gasteiger partial charge in [-0.3, -0.25) is 4.90 Å². The van der Waals surface area contributed by atoms with E-state index in [2.05, 4.69) is 25.7 Å². The van der Waals surface area contributed by atoms with Crippen molar-refractivity contribution in [3.05, 3.63) is 47.9 Å². The average molecular weight is 530 g/mol. The van der Waals surface area contributed by atoms with E-state index in [0.29, 0.717) is 40.1 Å². The molecule has 200 valence electrons. The van der Waals surface area contributed by atoms with E-state index in [0.717, 1.165) is 43.7 Å². The lowest BCUT2D eigenvalue weighted by molar-refractivity contribution is 0.292. The van der Waals surface area contributed by atoms with Crippen molar-refractivity contribution in [3.8, 4) is 35.4 Å². The summed E-state index contributed by atoms with van der Waals surface area (Å²) < 4.78 is 32.2. The summed E-state index contributed by atoms with van der Waals surface area (Å²) in [4.78, 5) is 17.9. The molecule has 9 heteroatoms. The number of hydrogen-bond donors (Lipinski definition) is 1. The van der Waals surface area contributed by atoms with Crippen LogP contribution < -0.4 is 9.64 Å². The van der Waals surface area contributed by atoms with Crippen molar-refractivity contribution in [2.24, 2.45) is 0 Å². The minimum absolute atomic E-state index is 0.0414. The minimum atomic E-state index is -0.518. The van der Waals surface area contributed by atoms with Crippen LogP contribution in [0.4, 0.5) is 14.6 Å². The first kappa shape index (κ1) is 25.3. The van der Waals surface area contributed by atoms with E-state index in [1.165, 1.54) is 26.0 Å². The van der Waals surface area contributed by atoms with E-state index >= 15 is 0 Å². The standard InChI is InChI=1S/C23H17FN4O2.C7H12FN/c1-3-15-18(24)6-5-13-9-14(29)10-16(21(13)15)19-11-20-17(12-25-23(27-20)30-2)22(26-19)28-7-4-8-28;8-6-4-7-2-1-3-9(7)5-6/h1,5-6,9-12,29H,4,7-8H2,2H3;6-7H,1-5H2. The fraction of sp³-hybridized carbons (Fsp3) is 0.367. The molecule has 0 spiro atoms. The number of aromatic nitrogens is 3. The molecular formula is C30H29F2N5O2. The summed E-state index contributed by atoms with van der Waals surface area (Å²) in [5.74, 6) is 2.73. The second kappa shape index (κ2) is 10.3. The number of pyridine rings is 1. The lowest BCUT2D eigenvalue weighted by atomic mass is 9.96. The van der Waals surface area contributed by atoms with E-state index in [4.69, 9.17) is 16.1 Å². The Kier molecular flexibility index (Phi) is 6.65. The number of nitrogens with zero attached hydrogens (tertiary/aromatic N) is 5. The number of phenolic OH excluding ortho intramolecular Hbond substituents is 1. The number of halogens is 2. The highest BCUT2D eigenvalue weighted by atomic mass is 19.1. The van der Waals surface area contributed by atoms with Crippen LogP contribution in [-0.2, 0) is 0 Å². The molecule has 0 amide bonds. The number of rotatable bonds is 3. The molecule has 2 aromatic carbocycles. The Bertz CT molecular complexity index is 1590. The molecule has 2 aromatic heterocycles. The number of alkyl halides is 1. The Balaban J connectivity index is 0.000000258. The van der Waals surface area contributed by atoms with Crippen LogP contribution in [0.2, 0.25) is 0 Å². The third-order valence-electron chi connectivity index (χ3n) is 7.81. The molecule has 3 fully saturated rings. The molecule has 2 unspecified atom stereocenters. The molecule has 1 N–H and O–H groups in total. The lowest BCUT2D eigenvalue weighted by Crippen LogP contribution is -2.37. The Morgan fingerprint density at radius 2 is 1.97 bits per heavy atom. The van der Waals surface area contributed by atoms with Gasteiger partial charge in [-0.2, -0.15) is 4.98 Å². The molecule has 3 aliphatic rings. The summed E-state index contributed by atoms with van der Waals surface area (Å²) in [6, 6.07) is 8.64. The number of methoxy groups -OCH3 is 1. The van der Waals surface area contributed by atoms with Crippen LogP contribution in [0.15, 0.2) is 36.5 Å². The highest BCUT2D eigenvalue weighted by Gasteiger charge is 2.34. The Morgan fingerprint density at radius 1 is 1.13 bits per heavy atom. The molecule has 4 aromatic rings. The van der Waals surface area contributed by atoms with E-state index in [1.54, 1.807) is 30.5 Å². The zero-order valence-electron chi connectivity index (χ0n) is 21.7. The summed E-state index contributed by atoms with van der Waals surface area (Å²) in [5, 5.41) is 12.3. The highest BCUT2D eigenvalue weighted by molar-refractivity contribution is 6.03. The molecule has 0 aliphatic carbocycles. The van der Waals surface area contributed by atoms with E-state index < -0.39 is 12.0 Å². The normalized spacial score (nSPS) is 20.3. The Morgan fingerprint density at radius 3 is 2.69 bits per heavy atom. The minimum Gasteiger partial charge on any atom is -0.508 e. The van der Waals surface area contributed by atoms with Gasteiger partial charge >= 0.3 is 6.01 Å². The summed E-state index contributed by atoms with van der Waals surface area (Å²) in [5.41, 5.74) is 1.85. The first-order chi connectivity index (χ1) is 18.9. The van der Waals surface area contributed by atoms with Crippen molar-refractivity contribution in [2.75, 3.05) is 38.2 Å². The zero-order chi connectivity index (χ0) is 27.1. The first-order valence-electron chi connectivity index (χ1n) is 13.2. The number of hydrogen-bond acceptors (Lipinski definition) is 7. The van der Waals surface area contributed by atoms with Crippen LogP contribution in [0.3, 0.4) is 0 Å². The van der Waals surface area contributed by atoms with Gasteiger partial charge in [0.05, 0.1) is 29.3 Å². The van der Waals surface area contributed by atoms with Gasteiger partial charge in [0.2, 0.25) is 0 Å². The molecular weight excluding hydrogens is 500 g/mol. The fourth-order valence-electron chi connectivity index (χ4n) is 5.80. The van der Waals surface area contributed by atoms with Crippen LogP contribution in [0.1, 0.15) is 31.2 Å². The number of fused-ring (bicyclic) bond motifs is 3. The van der Waals surface area contributed by atoms with Gasteiger partial charge in [-0.25, -0.2) is 18.7 Å². The number of benzene rings is 2. The highest BCUT2D eigenvalue weighted by Crippen LogP contribution is 2.38. The smallest absolute Gasteiger partial charge is 0.316 e. The van der Waals surface area contributed by atoms with Gasteiger partial charge in [-0.05, 0) is 61.9 Å². The third-order valence-corrected chi connectivity index (χ3v) is 7.81. The third kappa shape index (κ3) is 4.70. The Labute approximate surface area is 225 Å². The second-order valence-electron chi connectivity index (χ2n) is 10.2. The van der Waals surface area contributed by atoms with Gasteiger partial charge < -0.3 is 14.7 Å². The van der Waals surface area contributed by atoms with Crippen LogP contribution in [0.5, 0.6) is 11.8 Å². The van der Waals surface area contributed by atoms with Gasteiger partial charge in [0.15, 0.2) is 0 Å². The largest absolute Gasteiger partial charge is 0.508 e. The number of phenols is 1. The maximum Gasteiger partial charge on any atom is 0.316 e. The quantitative estimate of drug-likeness (QED) is 0.371. The monoisotopic (exact) mass is 529 g/mol. The van der Waals surface area contributed by atoms with Crippen LogP contribution in [-0.4, -0.2) is 70.5 Å². The van der Waals surface area contributed by atoms with Crippen LogP contribution in [0.25, 0.3) is 32.9 Å². The molecule has 0 bridgehead atoms. The molecule has 5 heterocycles. The van der Waals surface area contributed by atoms with E-state index in [-0.39, 0.29) is 17.3 Å². The predicted octanol–water partition coefficient (Wildman–Crippen LogP) is 5.08. The first-order valence-corrected chi connectivity index (χ1v) is 13.2. The number of ether oxygens (including phenoxy) is 1. The number of anilines is 1. The second-order valence-corrected chi connectivity index (χ2v) is 10.2. The maximum atomic E-state index is 14.5. The summed E-state index contributed by atoms with van der Waals surface area (Å²) in [6.07, 6.45) is 11.2. The molecule has 39 heavy (non-hydrogen) atoms. The van der Waals surface area contributed by atoms with E-state index in [9.17, 15) is 13.9 Å². The predicted molar refractivity (Wildman–Crippen MR) is 147 cm³/mol. The molecule has 7 nitrogen and oxygen atoms in total. The van der Waals surface area contributed by atoms with E-state index in [1.807, 2.05) is 0 Å². The summed E-state index contributed by atoms with van der Waals surface area (Å²) >= 11 is 0. The van der Waals surface area contributed by atoms with Crippen molar-refractivity contribution >= 4 is 27.5 Å². The number of terminal acetylenes is 1. The van der Waals surface area contributed by atoms with Gasteiger partial charge in [-0.1, -0.05) is 12.0 Å². The lowest BCUT2D eigenvalue weighted by Gasteiger charge is -2.33. The van der Waals surface area contributed by atoms with Crippen molar-refractivity contribution in [1.82, 2.24) is 19.9 Å². The topological polar surface area (TPSA) is 74.6 Å². The van der Waals surface area contributed by atoms with Crippen LogP contribution >= 0.6 is 0 Å². The maximum absolute atomic E-state index is 14.5. The molecule has 0 radical (unpaired) electrons. The summed E-state index contributed by atoms with van der Waals surface area (Å²) in [7, 11) is 1.50. The molecule has 2 atom stereocenters. The Hall–Kier alpha value is -4.03. The van der Waals surface area contributed by atoms with Gasteiger partial charge in [-0.15, -0.1) is 6.42 Å². The fourth-order valence-corrected chi connectivity index (χ4v) is 5.80.